The highest BCUT2D eigenvalue weighted by molar-refractivity contribution is 5.90. The molecule has 0 amide bonds. The molecule has 6 nitrogen and oxygen atoms in total. The Bertz CT molecular complexity index is 630. The van der Waals surface area contributed by atoms with E-state index in [1.807, 2.05) is 6.92 Å². The molecular formula is C12H12N2O4. The van der Waals surface area contributed by atoms with Crippen LogP contribution < -0.4 is 0 Å². The molecule has 0 saturated carbocycles. The van der Waals surface area contributed by atoms with Crippen LogP contribution in [0.25, 0.3) is 10.9 Å². The van der Waals surface area contributed by atoms with Gasteiger partial charge in [-0.1, -0.05) is 0 Å². The highest BCUT2D eigenvalue weighted by Gasteiger charge is 2.15. The third-order valence-corrected chi connectivity index (χ3v) is 2.86. The Kier molecular flexibility index (Phi) is 3.01. The predicted molar refractivity (Wildman–Crippen MR) is 65.4 cm³/mol. The van der Waals surface area contributed by atoms with Crippen LogP contribution in [0.3, 0.4) is 0 Å². The minimum absolute atomic E-state index is 0.00705. The van der Waals surface area contributed by atoms with E-state index in [2.05, 4.69) is 9.72 Å². The molecule has 2 aromatic rings. The Morgan fingerprint density at radius 3 is 2.83 bits per heavy atom. The fourth-order valence-electron chi connectivity index (χ4n) is 1.93. The number of fused-ring (bicyclic) bond motifs is 1. The maximum atomic E-state index is 11.3. The summed E-state index contributed by atoms with van der Waals surface area (Å²) in [5.74, 6) is -0.370. The van der Waals surface area contributed by atoms with E-state index < -0.39 is 4.92 Å². The minimum atomic E-state index is -0.455. The number of aryl methyl sites for hydroxylation is 1. The Morgan fingerprint density at radius 1 is 1.50 bits per heavy atom. The predicted octanol–water partition coefficient (Wildman–Crippen LogP) is 2.10. The number of nitro groups is 1. The first-order chi connectivity index (χ1) is 8.52. The molecule has 0 unspecified atom stereocenters. The number of esters is 1. The highest BCUT2D eigenvalue weighted by Crippen LogP contribution is 2.26. The largest absolute Gasteiger partial charge is 0.469 e. The third-order valence-electron chi connectivity index (χ3n) is 2.86. The van der Waals surface area contributed by atoms with Crippen molar-refractivity contribution in [3.63, 3.8) is 0 Å². The van der Waals surface area contributed by atoms with Crippen LogP contribution in [0.5, 0.6) is 0 Å². The van der Waals surface area contributed by atoms with E-state index in [0.29, 0.717) is 5.39 Å². The highest BCUT2D eigenvalue weighted by atomic mass is 16.6. The van der Waals surface area contributed by atoms with Crippen molar-refractivity contribution in [3.05, 3.63) is 39.6 Å². The maximum absolute atomic E-state index is 11.3. The minimum Gasteiger partial charge on any atom is -0.469 e. The number of aromatic amines is 1. The van der Waals surface area contributed by atoms with Gasteiger partial charge < -0.3 is 9.72 Å². The number of ether oxygens (including phenoxy) is 1. The number of H-pyrrole nitrogens is 1. The van der Waals surface area contributed by atoms with E-state index in [1.165, 1.54) is 19.2 Å². The Hall–Kier alpha value is -2.37. The molecule has 6 heteroatoms. The van der Waals surface area contributed by atoms with Gasteiger partial charge in [0.25, 0.3) is 5.69 Å². The number of rotatable bonds is 3. The summed E-state index contributed by atoms with van der Waals surface area (Å²) in [7, 11) is 1.31. The van der Waals surface area contributed by atoms with Gasteiger partial charge >= 0.3 is 5.97 Å². The van der Waals surface area contributed by atoms with Crippen molar-refractivity contribution >= 4 is 22.6 Å². The molecule has 0 aliphatic heterocycles. The molecule has 0 bridgehead atoms. The first-order valence-corrected chi connectivity index (χ1v) is 5.35. The van der Waals surface area contributed by atoms with E-state index in [1.54, 1.807) is 6.07 Å². The molecule has 1 aromatic carbocycles. The number of hydrogen-bond donors (Lipinski definition) is 1. The summed E-state index contributed by atoms with van der Waals surface area (Å²) in [6.07, 6.45) is 0.101. The van der Waals surface area contributed by atoms with Crippen LogP contribution in [0.15, 0.2) is 18.2 Å². The molecule has 2 rings (SSSR count). The second kappa shape index (κ2) is 4.48. The van der Waals surface area contributed by atoms with Gasteiger partial charge in [0.15, 0.2) is 0 Å². The van der Waals surface area contributed by atoms with Crippen molar-refractivity contribution in [2.75, 3.05) is 7.11 Å². The summed E-state index contributed by atoms with van der Waals surface area (Å²) in [6, 6.07) is 4.54. The lowest BCUT2D eigenvalue weighted by Gasteiger charge is -2.00. The van der Waals surface area contributed by atoms with Crippen molar-refractivity contribution in [1.29, 1.82) is 0 Å². The van der Waals surface area contributed by atoms with Crippen molar-refractivity contribution in [2.24, 2.45) is 0 Å². The number of hydrogen-bond acceptors (Lipinski definition) is 4. The summed E-state index contributed by atoms with van der Waals surface area (Å²) >= 11 is 0. The van der Waals surface area contributed by atoms with Gasteiger partial charge in [-0.05, 0) is 18.6 Å². The molecule has 1 heterocycles. The molecule has 94 valence electrons. The summed E-state index contributed by atoms with van der Waals surface area (Å²) in [5, 5.41) is 11.4. The molecule has 0 aliphatic rings. The molecule has 0 spiro atoms. The quantitative estimate of drug-likeness (QED) is 0.512. The third kappa shape index (κ3) is 2.04. The normalized spacial score (nSPS) is 10.6. The molecule has 0 fully saturated rings. The average Bonchev–Trinajstić information content (AvgIpc) is 2.65. The fourth-order valence-corrected chi connectivity index (χ4v) is 1.93. The van der Waals surface area contributed by atoms with Crippen LogP contribution in [0, 0.1) is 17.0 Å². The number of nitrogens with zero attached hydrogens (tertiary/aromatic N) is 1. The van der Waals surface area contributed by atoms with Crippen molar-refractivity contribution in [1.82, 2.24) is 4.98 Å². The van der Waals surface area contributed by atoms with Gasteiger partial charge in [-0.3, -0.25) is 14.9 Å². The number of methoxy groups -OCH3 is 1. The Labute approximate surface area is 103 Å². The molecule has 1 aromatic heterocycles. The van der Waals surface area contributed by atoms with Crippen LogP contribution in [-0.4, -0.2) is 23.0 Å². The van der Waals surface area contributed by atoms with Crippen molar-refractivity contribution < 1.29 is 14.5 Å². The molecule has 18 heavy (non-hydrogen) atoms. The van der Waals surface area contributed by atoms with Crippen LogP contribution in [0.4, 0.5) is 5.69 Å². The van der Waals surface area contributed by atoms with Gasteiger partial charge in [-0.25, -0.2) is 0 Å². The first kappa shape index (κ1) is 12.1. The number of aromatic nitrogens is 1. The van der Waals surface area contributed by atoms with Gasteiger partial charge in [0.1, 0.15) is 0 Å². The zero-order valence-electron chi connectivity index (χ0n) is 10.0. The van der Waals surface area contributed by atoms with Crippen LogP contribution in [0.2, 0.25) is 0 Å². The smallest absolute Gasteiger partial charge is 0.310 e. The van der Waals surface area contributed by atoms with E-state index >= 15 is 0 Å². The SMILES string of the molecule is COC(=O)Cc1c(C)[nH]c2ccc([N+](=O)[O-])cc12. The number of carbonyl (C=O) groups is 1. The van der Waals surface area contributed by atoms with Crippen LogP contribution >= 0.6 is 0 Å². The fraction of sp³-hybridized carbons (Fsp3) is 0.250. The summed E-state index contributed by atoms with van der Waals surface area (Å²) in [6.45, 7) is 1.82. The maximum Gasteiger partial charge on any atom is 0.310 e. The lowest BCUT2D eigenvalue weighted by Crippen LogP contribution is -2.05. The van der Waals surface area contributed by atoms with Gasteiger partial charge in [0.2, 0.25) is 0 Å². The first-order valence-electron chi connectivity index (χ1n) is 5.35. The van der Waals surface area contributed by atoms with E-state index in [0.717, 1.165) is 16.8 Å². The molecule has 1 N–H and O–H groups in total. The van der Waals surface area contributed by atoms with Gasteiger partial charge in [-0.2, -0.15) is 0 Å². The van der Waals surface area contributed by atoms with Gasteiger partial charge in [-0.15, -0.1) is 0 Å². The molecular weight excluding hydrogens is 236 g/mol. The lowest BCUT2D eigenvalue weighted by atomic mass is 10.1. The second-order valence-corrected chi connectivity index (χ2v) is 3.97. The zero-order valence-corrected chi connectivity index (χ0v) is 10.0. The average molecular weight is 248 g/mol. The number of benzene rings is 1. The lowest BCUT2D eigenvalue weighted by molar-refractivity contribution is -0.384. The molecule has 0 atom stereocenters. The molecule has 0 aliphatic carbocycles. The van der Waals surface area contributed by atoms with Crippen LogP contribution in [-0.2, 0) is 16.0 Å². The number of nitro benzene ring substituents is 1. The Morgan fingerprint density at radius 2 is 2.22 bits per heavy atom. The summed E-state index contributed by atoms with van der Waals surface area (Å²) in [4.78, 5) is 24.7. The van der Waals surface area contributed by atoms with Crippen LogP contribution in [0.1, 0.15) is 11.3 Å². The number of non-ortho nitro benzene ring substituents is 1. The summed E-state index contributed by atoms with van der Waals surface area (Å²) < 4.78 is 4.62. The van der Waals surface area contributed by atoms with E-state index in [9.17, 15) is 14.9 Å². The monoisotopic (exact) mass is 248 g/mol. The van der Waals surface area contributed by atoms with E-state index in [-0.39, 0.29) is 18.1 Å². The van der Waals surface area contributed by atoms with Gasteiger partial charge in [0.05, 0.1) is 18.5 Å². The summed E-state index contributed by atoms with van der Waals surface area (Å²) in [5.41, 5.74) is 2.33. The Balaban J connectivity index is 2.56. The number of carbonyl (C=O) groups excluding carboxylic acids is 1. The zero-order chi connectivity index (χ0) is 13.3. The second-order valence-electron chi connectivity index (χ2n) is 3.97. The topological polar surface area (TPSA) is 85.2 Å². The number of nitrogens with one attached hydrogen (secondary N) is 1. The van der Waals surface area contributed by atoms with Crippen molar-refractivity contribution in [3.8, 4) is 0 Å². The van der Waals surface area contributed by atoms with E-state index in [4.69, 9.17) is 0 Å². The standard InChI is InChI=1S/C12H12N2O4/c1-7-9(6-12(15)18-2)10-5-8(14(16)17)3-4-11(10)13-7/h3-5,13H,6H2,1-2H3. The van der Waals surface area contributed by atoms with Gasteiger partial charge in [0, 0.05) is 28.7 Å². The molecule has 0 saturated heterocycles. The molecule has 0 radical (unpaired) electrons. The van der Waals surface area contributed by atoms with Crippen molar-refractivity contribution in [2.45, 2.75) is 13.3 Å².